The van der Waals surface area contributed by atoms with E-state index < -0.39 is 6.10 Å². The van der Waals surface area contributed by atoms with Gasteiger partial charge in [0.1, 0.15) is 6.10 Å². The van der Waals surface area contributed by atoms with Crippen molar-refractivity contribution >= 4 is 28.6 Å². The number of unbranched alkanes of at least 4 members (excludes halogenated alkanes) is 7. The number of carbonyl (C=O) groups is 3. The van der Waals surface area contributed by atoms with E-state index in [-0.39, 0.29) is 23.8 Å². The second-order valence-corrected chi connectivity index (χ2v) is 13.3. The molecule has 5 heteroatoms. The van der Waals surface area contributed by atoms with Crippen LogP contribution in [0.1, 0.15) is 155 Å². The fraction of sp³-hybridized carbons (Fsp3) is 0.649. The highest BCUT2D eigenvalue weighted by atomic mass is 16.5. The number of hydrogen-bond acceptors (Lipinski definition) is 4. The lowest BCUT2D eigenvalue weighted by molar-refractivity contribution is -0.153. The van der Waals surface area contributed by atoms with Crippen molar-refractivity contribution in [3.8, 4) is 0 Å². The molecular formula is C37H51NO4. The van der Waals surface area contributed by atoms with Crippen molar-refractivity contribution in [1.29, 1.82) is 0 Å². The van der Waals surface area contributed by atoms with E-state index in [1.807, 2.05) is 12.1 Å². The Balaban J connectivity index is 1.11. The van der Waals surface area contributed by atoms with E-state index in [0.717, 1.165) is 61.6 Å². The summed E-state index contributed by atoms with van der Waals surface area (Å²) in [5.74, 6) is 0.196. The molecule has 1 saturated carbocycles. The Labute approximate surface area is 252 Å². The summed E-state index contributed by atoms with van der Waals surface area (Å²) in [5.41, 5.74) is 3.73. The second-order valence-electron chi connectivity index (χ2n) is 13.3. The number of amides is 2. The summed E-state index contributed by atoms with van der Waals surface area (Å²) in [6.07, 6.45) is 20.1. The molecule has 2 aromatic rings. The first-order valence-electron chi connectivity index (χ1n) is 17.1. The van der Waals surface area contributed by atoms with Gasteiger partial charge < -0.3 is 4.74 Å². The van der Waals surface area contributed by atoms with Crippen molar-refractivity contribution in [3.05, 3.63) is 46.5 Å². The molecule has 3 aliphatic rings. The van der Waals surface area contributed by atoms with Crippen molar-refractivity contribution in [2.75, 3.05) is 0 Å². The minimum Gasteiger partial charge on any atom is -0.460 e. The molecule has 3 atom stereocenters. The molecule has 42 heavy (non-hydrogen) atoms. The first-order valence-corrected chi connectivity index (χ1v) is 17.1. The van der Waals surface area contributed by atoms with Crippen LogP contribution in [0.2, 0.25) is 0 Å². The molecule has 228 valence electrons. The molecule has 0 N–H and O–H groups in total. The van der Waals surface area contributed by atoms with E-state index in [0.29, 0.717) is 30.4 Å². The lowest BCUT2D eigenvalue weighted by Gasteiger charge is -2.36. The summed E-state index contributed by atoms with van der Waals surface area (Å²) in [6.45, 7) is 4.62. The zero-order valence-corrected chi connectivity index (χ0v) is 26.1. The zero-order valence-electron chi connectivity index (χ0n) is 26.1. The molecular weight excluding hydrogens is 522 g/mol. The van der Waals surface area contributed by atoms with Crippen LogP contribution >= 0.6 is 0 Å². The number of esters is 1. The smallest absolute Gasteiger partial charge is 0.306 e. The first kappa shape index (κ1) is 30.8. The van der Waals surface area contributed by atoms with Crippen molar-refractivity contribution in [2.45, 2.75) is 148 Å². The summed E-state index contributed by atoms with van der Waals surface area (Å²) in [4.78, 5) is 41.5. The molecule has 2 amide bonds. The van der Waals surface area contributed by atoms with Crippen LogP contribution in [-0.2, 0) is 22.4 Å². The van der Waals surface area contributed by atoms with Crippen molar-refractivity contribution in [1.82, 2.24) is 4.90 Å². The maximum atomic E-state index is 13.6. The minimum absolute atomic E-state index is 0.190. The van der Waals surface area contributed by atoms with E-state index in [1.165, 1.54) is 73.8 Å². The van der Waals surface area contributed by atoms with E-state index in [9.17, 15) is 14.4 Å². The quantitative estimate of drug-likeness (QED) is 0.128. The van der Waals surface area contributed by atoms with Gasteiger partial charge >= 0.3 is 5.97 Å². The van der Waals surface area contributed by atoms with Gasteiger partial charge in [0, 0.05) is 6.42 Å². The van der Waals surface area contributed by atoms with Gasteiger partial charge in [-0.15, -0.1) is 0 Å². The van der Waals surface area contributed by atoms with Gasteiger partial charge in [-0.25, -0.2) is 0 Å². The van der Waals surface area contributed by atoms with Gasteiger partial charge in [0.2, 0.25) is 0 Å². The number of hydrogen-bond donors (Lipinski definition) is 0. The Bertz CT molecular complexity index is 1200. The summed E-state index contributed by atoms with van der Waals surface area (Å²) >= 11 is 0. The SMILES string of the molecule is CCC(C)CCCCCCCCCCC(=O)OC1CCCCC1N1C(=O)c2cc3cc4c(cc3cc2C1=O)CCCC4. The molecule has 0 spiro atoms. The molecule has 5 rings (SSSR count). The molecule has 1 fully saturated rings. The fourth-order valence-corrected chi connectivity index (χ4v) is 7.31. The van der Waals surface area contributed by atoms with Crippen LogP contribution in [0.5, 0.6) is 0 Å². The van der Waals surface area contributed by atoms with Crippen LogP contribution < -0.4 is 0 Å². The maximum Gasteiger partial charge on any atom is 0.306 e. The van der Waals surface area contributed by atoms with Crippen LogP contribution in [0.25, 0.3) is 10.8 Å². The largest absolute Gasteiger partial charge is 0.460 e. The van der Waals surface area contributed by atoms with E-state index >= 15 is 0 Å². The highest BCUT2D eigenvalue weighted by molar-refractivity contribution is 6.23. The third-order valence-electron chi connectivity index (χ3n) is 10.1. The average molecular weight is 574 g/mol. The average Bonchev–Trinajstić information content (AvgIpc) is 3.24. The summed E-state index contributed by atoms with van der Waals surface area (Å²) in [5, 5.41) is 2.07. The fourth-order valence-electron chi connectivity index (χ4n) is 7.31. The number of ether oxygens (including phenoxy) is 1. The lowest BCUT2D eigenvalue weighted by Crippen LogP contribution is -2.49. The standard InChI is InChI=1S/C37H51NO4/c1-3-26(2)16-10-8-6-4-5-7-9-11-21-35(39)42-34-20-15-14-19-33(34)38-36(40)31-24-29-22-27-17-12-13-18-28(27)23-30(29)25-32(31)37(38)41/h22-26,33-34H,3-21H2,1-2H3. The second kappa shape index (κ2) is 14.7. The van der Waals surface area contributed by atoms with E-state index in [4.69, 9.17) is 4.74 Å². The summed E-state index contributed by atoms with van der Waals surface area (Å²) in [7, 11) is 0. The van der Waals surface area contributed by atoms with Gasteiger partial charge in [0.15, 0.2) is 0 Å². The minimum atomic E-state index is -0.411. The Morgan fingerprint density at radius 3 is 1.93 bits per heavy atom. The van der Waals surface area contributed by atoms with Crippen molar-refractivity contribution in [3.63, 3.8) is 0 Å². The highest BCUT2D eigenvalue weighted by Gasteiger charge is 2.45. The number of imide groups is 1. The monoisotopic (exact) mass is 573 g/mol. The number of rotatable bonds is 14. The molecule has 2 aliphatic carbocycles. The van der Waals surface area contributed by atoms with Gasteiger partial charge in [-0.3, -0.25) is 19.3 Å². The Morgan fingerprint density at radius 2 is 1.33 bits per heavy atom. The normalized spacial score (nSPS) is 21.0. The van der Waals surface area contributed by atoms with E-state index in [2.05, 4.69) is 26.0 Å². The number of nitrogens with zero attached hydrogens (tertiary/aromatic N) is 1. The first-order chi connectivity index (χ1) is 20.5. The topological polar surface area (TPSA) is 63.7 Å². The molecule has 0 saturated heterocycles. The third-order valence-corrected chi connectivity index (χ3v) is 10.1. The molecule has 0 bridgehead atoms. The highest BCUT2D eigenvalue weighted by Crippen LogP contribution is 2.36. The molecule has 5 nitrogen and oxygen atoms in total. The Morgan fingerprint density at radius 1 is 0.786 bits per heavy atom. The predicted molar refractivity (Wildman–Crippen MR) is 169 cm³/mol. The third kappa shape index (κ3) is 7.26. The lowest BCUT2D eigenvalue weighted by atomic mass is 9.88. The molecule has 1 aliphatic heterocycles. The van der Waals surface area contributed by atoms with E-state index in [1.54, 1.807) is 0 Å². The van der Waals surface area contributed by atoms with Gasteiger partial charge in [0.05, 0.1) is 17.2 Å². The maximum absolute atomic E-state index is 13.6. The van der Waals surface area contributed by atoms with Crippen LogP contribution in [0, 0.1) is 5.92 Å². The van der Waals surface area contributed by atoms with Crippen LogP contribution in [0.3, 0.4) is 0 Å². The molecule has 1 heterocycles. The Kier molecular flexibility index (Phi) is 10.7. The number of fused-ring (bicyclic) bond motifs is 3. The van der Waals surface area contributed by atoms with Crippen molar-refractivity contribution < 1.29 is 19.1 Å². The number of aryl methyl sites for hydroxylation is 2. The summed E-state index contributed by atoms with van der Waals surface area (Å²) in [6, 6.07) is 7.87. The van der Waals surface area contributed by atoms with Crippen LogP contribution in [0.4, 0.5) is 0 Å². The Hall–Kier alpha value is -2.69. The van der Waals surface area contributed by atoms with Gasteiger partial charge in [-0.05, 0) is 91.3 Å². The van der Waals surface area contributed by atoms with Crippen LogP contribution in [0.15, 0.2) is 24.3 Å². The number of benzene rings is 2. The zero-order chi connectivity index (χ0) is 29.5. The van der Waals surface area contributed by atoms with Crippen molar-refractivity contribution in [2.24, 2.45) is 5.92 Å². The molecule has 0 radical (unpaired) electrons. The van der Waals surface area contributed by atoms with Gasteiger partial charge in [-0.1, -0.05) is 90.2 Å². The number of carbonyl (C=O) groups excluding carboxylic acids is 3. The molecule has 3 unspecified atom stereocenters. The van der Waals surface area contributed by atoms with Gasteiger partial charge in [-0.2, -0.15) is 0 Å². The molecule has 0 aromatic heterocycles. The molecule has 2 aromatic carbocycles. The van der Waals surface area contributed by atoms with Crippen LogP contribution in [-0.4, -0.2) is 34.8 Å². The van der Waals surface area contributed by atoms with Gasteiger partial charge in [0.25, 0.3) is 11.8 Å². The predicted octanol–water partition coefficient (Wildman–Crippen LogP) is 9.12. The summed E-state index contributed by atoms with van der Waals surface area (Å²) < 4.78 is 5.97.